The van der Waals surface area contributed by atoms with Gasteiger partial charge in [-0.1, -0.05) is 15.9 Å². The molecule has 5 heteroatoms. The van der Waals surface area contributed by atoms with Gasteiger partial charge in [0.05, 0.1) is 23.1 Å². The molecule has 0 aliphatic heterocycles. The van der Waals surface area contributed by atoms with Crippen molar-refractivity contribution in [2.24, 2.45) is 0 Å². The Hall–Kier alpha value is -1.33. The minimum atomic E-state index is 0.678. The Balaban J connectivity index is 2.16. The van der Waals surface area contributed by atoms with Crippen molar-refractivity contribution in [1.82, 2.24) is 4.98 Å². The molecule has 19 heavy (non-hydrogen) atoms. The van der Waals surface area contributed by atoms with E-state index >= 15 is 0 Å². The molecule has 0 fully saturated rings. The van der Waals surface area contributed by atoms with Crippen LogP contribution in [0.1, 0.15) is 12.8 Å². The van der Waals surface area contributed by atoms with Crippen LogP contribution in [-0.2, 0) is 4.74 Å². The molecular formula is C14H18BrN3O. The van der Waals surface area contributed by atoms with Gasteiger partial charge in [-0.3, -0.25) is 4.98 Å². The predicted octanol–water partition coefficient (Wildman–Crippen LogP) is 3.42. The number of nitrogens with two attached hydrogens (primary N) is 1. The average molecular weight is 324 g/mol. The van der Waals surface area contributed by atoms with Crippen molar-refractivity contribution >= 4 is 38.2 Å². The highest BCUT2D eigenvalue weighted by atomic mass is 79.9. The third kappa shape index (κ3) is 3.58. The monoisotopic (exact) mass is 323 g/mol. The molecule has 1 aromatic carbocycles. The lowest BCUT2D eigenvalue weighted by atomic mass is 10.1. The maximum atomic E-state index is 6.01. The van der Waals surface area contributed by atoms with Crippen molar-refractivity contribution in [2.75, 3.05) is 31.3 Å². The molecule has 0 unspecified atom stereocenters. The molecule has 0 spiro atoms. The van der Waals surface area contributed by atoms with Gasteiger partial charge in [0.15, 0.2) is 0 Å². The number of nitrogens with zero attached hydrogens (tertiary/aromatic N) is 1. The quantitative estimate of drug-likeness (QED) is 0.800. The number of hydrogen-bond acceptors (Lipinski definition) is 4. The number of methoxy groups -OCH3 is 1. The van der Waals surface area contributed by atoms with E-state index in [1.807, 2.05) is 18.2 Å². The topological polar surface area (TPSA) is 60.2 Å². The molecule has 2 aromatic rings. The number of benzene rings is 1. The first-order valence-corrected chi connectivity index (χ1v) is 7.08. The van der Waals surface area contributed by atoms with E-state index in [0.717, 1.165) is 47.1 Å². The van der Waals surface area contributed by atoms with Gasteiger partial charge in [-0.15, -0.1) is 0 Å². The first kappa shape index (κ1) is 14.1. The van der Waals surface area contributed by atoms with Crippen LogP contribution < -0.4 is 11.1 Å². The fraction of sp³-hybridized carbons (Fsp3) is 0.357. The maximum absolute atomic E-state index is 6.01. The molecule has 102 valence electrons. The fourth-order valence-corrected chi connectivity index (χ4v) is 2.32. The van der Waals surface area contributed by atoms with Gasteiger partial charge in [0, 0.05) is 30.1 Å². The number of pyridine rings is 1. The summed E-state index contributed by atoms with van der Waals surface area (Å²) in [4.78, 5) is 4.33. The normalized spacial score (nSPS) is 10.8. The standard InChI is InChI=1S/C14H18BrN3O/c1-19-7-3-2-6-17-14-11-8-10(15)4-5-13(11)18-9-12(14)16/h4-5,8-9H,2-3,6-7,16H2,1H3,(H,17,18). The summed E-state index contributed by atoms with van der Waals surface area (Å²) in [5.74, 6) is 0. The van der Waals surface area contributed by atoms with E-state index in [9.17, 15) is 0 Å². The highest BCUT2D eigenvalue weighted by Gasteiger charge is 2.06. The summed E-state index contributed by atoms with van der Waals surface area (Å²) in [5.41, 5.74) is 8.59. The van der Waals surface area contributed by atoms with Crippen LogP contribution in [0.15, 0.2) is 28.9 Å². The Bertz CT molecular complexity index is 554. The van der Waals surface area contributed by atoms with Crippen molar-refractivity contribution in [3.05, 3.63) is 28.9 Å². The van der Waals surface area contributed by atoms with Crippen molar-refractivity contribution in [3.8, 4) is 0 Å². The zero-order valence-corrected chi connectivity index (χ0v) is 12.5. The largest absolute Gasteiger partial charge is 0.396 e. The van der Waals surface area contributed by atoms with E-state index in [1.54, 1.807) is 13.3 Å². The van der Waals surface area contributed by atoms with Gasteiger partial charge in [-0.25, -0.2) is 0 Å². The van der Waals surface area contributed by atoms with Crippen LogP contribution in [0.5, 0.6) is 0 Å². The zero-order chi connectivity index (χ0) is 13.7. The lowest BCUT2D eigenvalue weighted by molar-refractivity contribution is 0.194. The molecule has 2 rings (SSSR count). The molecule has 0 amide bonds. The number of rotatable bonds is 6. The number of aromatic nitrogens is 1. The van der Waals surface area contributed by atoms with Gasteiger partial charge in [-0.2, -0.15) is 0 Å². The third-order valence-corrected chi connectivity index (χ3v) is 3.43. The number of nitrogen functional groups attached to an aromatic ring is 1. The third-order valence-electron chi connectivity index (χ3n) is 2.94. The number of hydrogen-bond donors (Lipinski definition) is 2. The molecule has 3 N–H and O–H groups in total. The van der Waals surface area contributed by atoms with E-state index < -0.39 is 0 Å². The van der Waals surface area contributed by atoms with Crippen molar-refractivity contribution in [2.45, 2.75) is 12.8 Å². The second-order valence-corrected chi connectivity index (χ2v) is 5.29. The first-order valence-electron chi connectivity index (χ1n) is 6.29. The van der Waals surface area contributed by atoms with Crippen LogP contribution in [0.3, 0.4) is 0 Å². The van der Waals surface area contributed by atoms with Crippen LogP contribution in [0.25, 0.3) is 10.9 Å². The number of fused-ring (bicyclic) bond motifs is 1. The number of ether oxygens (including phenoxy) is 1. The second-order valence-electron chi connectivity index (χ2n) is 4.38. The van der Waals surface area contributed by atoms with Gasteiger partial charge in [0.2, 0.25) is 0 Å². The fourth-order valence-electron chi connectivity index (χ4n) is 1.96. The van der Waals surface area contributed by atoms with Gasteiger partial charge in [0.25, 0.3) is 0 Å². The Morgan fingerprint density at radius 1 is 1.37 bits per heavy atom. The van der Waals surface area contributed by atoms with Crippen LogP contribution in [-0.4, -0.2) is 25.2 Å². The minimum Gasteiger partial charge on any atom is -0.396 e. The Labute approximate surface area is 121 Å². The summed E-state index contributed by atoms with van der Waals surface area (Å²) >= 11 is 3.48. The number of unbranched alkanes of at least 4 members (excludes halogenated alkanes) is 1. The molecule has 0 bridgehead atoms. The van der Waals surface area contributed by atoms with Crippen molar-refractivity contribution in [1.29, 1.82) is 0 Å². The molecule has 0 atom stereocenters. The van der Waals surface area contributed by atoms with Gasteiger partial charge in [-0.05, 0) is 31.0 Å². The molecule has 0 saturated carbocycles. The van der Waals surface area contributed by atoms with Gasteiger partial charge >= 0.3 is 0 Å². The van der Waals surface area contributed by atoms with E-state index in [0.29, 0.717) is 5.69 Å². The Kier molecular flexibility index (Phi) is 4.99. The molecule has 4 nitrogen and oxygen atoms in total. The SMILES string of the molecule is COCCCCNc1c(N)cnc2ccc(Br)cc12. The van der Waals surface area contributed by atoms with Gasteiger partial charge in [0.1, 0.15) is 0 Å². The van der Waals surface area contributed by atoms with Crippen LogP contribution >= 0.6 is 15.9 Å². The van der Waals surface area contributed by atoms with Crippen LogP contribution in [0.4, 0.5) is 11.4 Å². The first-order chi connectivity index (χ1) is 9.22. The molecule has 0 radical (unpaired) electrons. The lowest BCUT2D eigenvalue weighted by Gasteiger charge is -2.12. The van der Waals surface area contributed by atoms with E-state index in [1.165, 1.54) is 0 Å². The summed E-state index contributed by atoms with van der Waals surface area (Å²) in [6, 6.07) is 6.00. The Morgan fingerprint density at radius 2 is 2.21 bits per heavy atom. The average Bonchev–Trinajstić information content (AvgIpc) is 2.40. The maximum Gasteiger partial charge on any atom is 0.0743 e. The number of halogens is 1. The van der Waals surface area contributed by atoms with Crippen LogP contribution in [0.2, 0.25) is 0 Å². The predicted molar refractivity (Wildman–Crippen MR) is 83.5 cm³/mol. The van der Waals surface area contributed by atoms with E-state index in [-0.39, 0.29) is 0 Å². The summed E-state index contributed by atoms with van der Waals surface area (Å²) in [7, 11) is 1.72. The molecule has 0 saturated heterocycles. The highest BCUT2D eigenvalue weighted by molar-refractivity contribution is 9.10. The Morgan fingerprint density at radius 3 is 3.00 bits per heavy atom. The zero-order valence-electron chi connectivity index (χ0n) is 10.9. The minimum absolute atomic E-state index is 0.678. The summed E-state index contributed by atoms with van der Waals surface area (Å²) in [5, 5.41) is 4.44. The van der Waals surface area contributed by atoms with E-state index in [4.69, 9.17) is 10.5 Å². The van der Waals surface area contributed by atoms with Crippen molar-refractivity contribution in [3.63, 3.8) is 0 Å². The molecule has 1 aromatic heterocycles. The number of nitrogens with one attached hydrogen (secondary N) is 1. The summed E-state index contributed by atoms with van der Waals surface area (Å²) in [6.07, 6.45) is 3.79. The number of anilines is 2. The van der Waals surface area contributed by atoms with Crippen LogP contribution in [0, 0.1) is 0 Å². The molecule has 0 aliphatic rings. The van der Waals surface area contributed by atoms with Crippen molar-refractivity contribution < 1.29 is 4.74 Å². The molecule has 1 heterocycles. The van der Waals surface area contributed by atoms with Gasteiger partial charge < -0.3 is 15.8 Å². The highest BCUT2D eigenvalue weighted by Crippen LogP contribution is 2.29. The lowest BCUT2D eigenvalue weighted by Crippen LogP contribution is -2.06. The molecular weight excluding hydrogens is 306 g/mol. The smallest absolute Gasteiger partial charge is 0.0743 e. The van der Waals surface area contributed by atoms with E-state index in [2.05, 4.69) is 26.2 Å². The summed E-state index contributed by atoms with van der Waals surface area (Å²) in [6.45, 7) is 1.67. The molecule has 0 aliphatic carbocycles. The second kappa shape index (κ2) is 6.73. The summed E-state index contributed by atoms with van der Waals surface area (Å²) < 4.78 is 6.06.